The van der Waals surface area contributed by atoms with Gasteiger partial charge in [-0.1, -0.05) is 46.4 Å². The second-order valence-electron chi connectivity index (χ2n) is 12.5. The van der Waals surface area contributed by atoms with Crippen LogP contribution >= 0.6 is 69.0 Å². The lowest BCUT2D eigenvalue weighted by molar-refractivity contribution is -0.133. The van der Waals surface area contributed by atoms with Crippen molar-refractivity contribution in [3.8, 4) is 17.6 Å². The van der Waals surface area contributed by atoms with Crippen LogP contribution in [0.1, 0.15) is 17.1 Å². The quantitative estimate of drug-likeness (QED) is 0.183. The van der Waals surface area contributed by atoms with Gasteiger partial charge in [0.1, 0.15) is 46.0 Å². The van der Waals surface area contributed by atoms with Gasteiger partial charge in [-0.15, -0.1) is 0 Å². The summed E-state index contributed by atoms with van der Waals surface area (Å²) in [4.78, 5) is 32.3. The first kappa shape index (κ1) is 42.4. The van der Waals surface area contributed by atoms with Crippen molar-refractivity contribution in [1.82, 2.24) is 29.4 Å². The summed E-state index contributed by atoms with van der Waals surface area (Å²) < 4.78 is 42.6. The largest absolute Gasteiger partial charge is 0.495 e. The standard InChI is InChI=1S/C18H18Cl2FN5O2.C17H18Cl2FIN4O2/c1-11-18(20)14(9-22)23-26(11)10-17(27)25-5-3-24(4-6-25)15-8-16(28-2)12(19)7-13(15)21;1-10-16(19)17(21)22-25(10)9-15(26)24-5-3-23(4-6-24)13-8-14(27-2)11(18)7-12(13)20/h7-8H,3-6,10H2,1-2H3;7-8H,3-6,9H2,1-2H3. The third-order valence-electron chi connectivity index (χ3n) is 9.29. The Morgan fingerprint density at radius 1 is 0.727 bits per heavy atom. The Hall–Kier alpha value is -3.76. The summed E-state index contributed by atoms with van der Waals surface area (Å²) in [6.07, 6.45) is 0. The van der Waals surface area contributed by atoms with E-state index in [1.165, 1.54) is 31.0 Å². The monoisotopic (exact) mass is 951 g/mol. The van der Waals surface area contributed by atoms with Gasteiger partial charge in [0.2, 0.25) is 11.8 Å². The highest BCUT2D eigenvalue weighted by atomic mass is 127. The zero-order valence-corrected chi connectivity index (χ0v) is 35.4. The lowest BCUT2D eigenvalue weighted by atomic mass is 10.2. The molecule has 294 valence electrons. The molecular formula is C35H36Cl4F2IN9O4. The van der Waals surface area contributed by atoms with Crippen LogP contribution in [0, 0.1) is 40.5 Å². The summed E-state index contributed by atoms with van der Waals surface area (Å²) in [6.45, 7) is 7.50. The number of hydrogen-bond acceptors (Lipinski definition) is 9. The summed E-state index contributed by atoms with van der Waals surface area (Å²) in [5, 5.41) is 18.6. The van der Waals surface area contributed by atoms with Gasteiger partial charge in [0, 0.05) is 64.5 Å². The van der Waals surface area contributed by atoms with Crippen molar-refractivity contribution in [1.29, 1.82) is 5.26 Å². The van der Waals surface area contributed by atoms with Crippen LogP contribution in [-0.2, 0) is 22.7 Å². The molecule has 13 nitrogen and oxygen atoms in total. The molecule has 2 fully saturated rings. The van der Waals surface area contributed by atoms with Crippen LogP contribution < -0.4 is 19.3 Å². The van der Waals surface area contributed by atoms with Gasteiger partial charge in [-0.05, 0) is 48.6 Å². The molecule has 20 heteroatoms. The van der Waals surface area contributed by atoms with Crippen molar-refractivity contribution < 1.29 is 27.8 Å². The summed E-state index contributed by atoms with van der Waals surface area (Å²) >= 11 is 26.1. The molecule has 0 radical (unpaired) electrons. The molecule has 6 rings (SSSR count). The van der Waals surface area contributed by atoms with E-state index in [4.69, 9.17) is 61.1 Å². The molecule has 2 aliphatic rings. The van der Waals surface area contributed by atoms with Gasteiger partial charge in [0.05, 0.1) is 57.1 Å². The molecule has 2 aromatic carbocycles. The SMILES string of the molecule is COc1cc(N2CCN(C(=O)Cn3nc(C#N)c(Cl)c3C)CC2)c(F)cc1Cl.COc1cc(N2CCN(C(=O)Cn3nc(I)c(Cl)c3C)CC2)c(F)cc1Cl. The lowest BCUT2D eigenvalue weighted by Gasteiger charge is -2.36. The van der Waals surface area contributed by atoms with E-state index in [1.54, 1.807) is 33.5 Å². The number of piperazine rings is 2. The fourth-order valence-electron chi connectivity index (χ4n) is 6.08. The second kappa shape index (κ2) is 18.5. The smallest absolute Gasteiger partial charge is 0.244 e. The predicted molar refractivity (Wildman–Crippen MR) is 215 cm³/mol. The number of nitriles is 1. The maximum Gasteiger partial charge on any atom is 0.244 e. The molecule has 4 aromatic rings. The molecule has 0 saturated carbocycles. The number of hydrogen-bond donors (Lipinski definition) is 0. The fourth-order valence-corrected chi connectivity index (χ4v) is 7.49. The van der Waals surface area contributed by atoms with Crippen LogP contribution in [-0.4, -0.2) is 108 Å². The Labute approximate surface area is 350 Å². The van der Waals surface area contributed by atoms with Crippen molar-refractivity contribution in [2.75, 3.05) is 76.4 Å². The van der Waals surface area contributed by atoms with E-state index >= 15 is 0 Å². The van der Waals surface area contributed by atoms with Gasteiger partial charge in [0.25, 0.3) is 0 Å². The maximum absolute atomic E-state index is 14.3. The van der Waals surface area contributed by atoms with Crippen LogP contribution in [0.15, 0.2) is 24.3 Å². The molecule has 2 aromatic heterocycles. The van der Waals surface area contributed by atoms with E-state index in [2.05, 4.69) is 10.2 Å². The Morgan fingerprint density at radius 2 is 1.13 bits per heavy atom. The number of carbonyl (C=O) groups excluding carboxylic acids is 2. The topological polar surface area (TPSA) is 125 Å². The molecule has 4 heterocycles. The summed E-state index contributed by atoms with van der Waals surface area (Å²) in [7, 11) is 2.96. The highest BCUT2D eigenvalue weighted by Gasteiger charge is 2.27. The first-order valence-electron chi connectivity index (χ1n) is 16.8. The Balaban J connectivity index is 0.000000211. The van der Waals surface area contributed by atoms with Gasteiger partial charge >= 0.3 is 0 Å². The minimum atomic E-state index is -0.434. The number of benzene rings is 2. The summed E-state index contributed by atoms with van der Waals surface area (Å²) in [5.74, 6) is -0.195. The summed E-state index contributed by atoms with van der Waals surface area (Å²) in [5.41, 5.74) is 2.25. The normalized spacial score (nSPS) is 14.4. The molecule has 0 spiro atoms. The number of carbonyl (C=O) groups is 2. The molecule has 55 heavy (non-hydrogen) atoms. The number of amides is 2. The molecule has 0 unspecified atom stereocenters. The van der Waals surface area contributed by atoms with E-state index in [9.17, 15) is 18.4 Å². The predicted octanol–water partition coefficient (Wildman–Crippen LogP) is 6.47. The Kier molecular flexibility index (Phi) is 14.2. The molecule has 2 amide bonds. The maximum atomic E-state index is 14.3. The molecule has 2 aliphatic heterocycles. The molecule has 0 bridgehead atoms. The van der Waals surface area contributed by atoms with Crippen molar-refractivity contribution >= 4 is 92.2 Å². The number of nitrogens with zero attached hydrogens (tertiary/aromatic N) is 9. The van der Waals surface area contributed by atoms with E-state index in [-0.39, 0.29) is 45.7 Å². The molecule has 0 N–H and O–H groups in total. The molecular weight excluding hydrogens is 917 g/mol. The second-order valence-corrected chi connectivity index (χ2v) is 15.1. The van der Waals surface area contributed by atoms with Crippen LogP contribution in [0.4, 0.5) is 20.2 Å². The van der Waals surface area contributed by atoms with Crippen LogP contribution in [0.5, 0.6) is 11.5 Å². The van der Waals surface area contributed by atoms with Crippen molar-refractivity contribution in [2.45, 2.75) is 26.9 Å². The molecule has 2 saturated heterocycles. The Bertz CT molecular complexity index is 2110. The first-order chi connectivity index (χ1) is 26.2. The Morgan fingerprint density at radius 3 is 1.47 bits per heavy atom. The minimum absolute atomic E-state index is 0.00361. The van der Waals surface area contributed by atoms with Crippen molar-refractivity contribution in [3.05, 3.63) is 76.8 Å². The lowest BCUT2D eigenvalue weighted by Crippen LogP contribution is -2.50. The van der Waals surface area contributed by atoms with E-state index < -0.39 is 11.6 Å². The van der Waals surface area contributed by atoms with Gasteiger partial charge in [0.15, 0.2) is 5.69 Å². The van der Waals surface area contributed by atoms with E-state index in [1.807, 2.05) is 45.4 Å². The average Bonchev–Trinajstić information content (AvgIpc) is 3.58. The summed E-state index contributed by atoms with van der Waals surface area (Å²) in [6, 6.07) is 7.53. The van der Waals surface area contributed by atoms with Gasteiger partial charge < -0.3 is 29.1 Å². The van der Waals surface area contributed by atoms with E-state index in [0.29, 0.717) is 89.6 Å². The number of rotatable bonds is 8. The third kappa shape index (κ3) is 9.62. The minimum Gasteiger partial charge on any atom is -0.495 e. The zero-order chi connectivity index (χ0) is 40.1. The van der Waals surface area contributed by atoms with Gasteiger partial charge in [-0.25, -0.2) is 8.78 Å². The van der Waals surface area contributed by atoms with Gasteiger partial charge in [-0.2, -0.15) is 15.5 Å². The molecule has 0 aliphatic carbocycles. The number of methoxy groups -OCH3 is 2. The van der Waals surface area contributed by atoms with Crippen LogP contribution in [0.25, 0.3) is 0 Å². The van der Waals surface area contributed by atoms with Gasteiger partial charge in [-0.3, -0.25) is 19.0 Å². The zero-order valence-electron chi connectivity index (χ0n) is 30.2. The fraction of sp³-hybridized carbons (Fsp3) is 0.400. The molecule has 0 atom stereocenters. The average molecular weight is 953 g/mol. The number of anilines is 2. The van der Waals surface area contributed by atoms with Crippen molar-refractivity contribution in [3.63, 3.8) is 0 Å². The highest BCUT2D eigenvalue weighted by Crippen LogP contribution is 2.34. The first-order valence-corrected chi connectivity index (χ1v) is 19.4. The van der Waals surface area contributed by atoms with E-state index in [0.717, 1.165) is 5.69 Å². The number of halogens is 7. The number of ether oxygens (including phenoxy) is 2. The van der Waals surface area contributed by atoms with Crippen LogP contribution in [0.2, 0.25) is 20.1 Å². The third-order valence-corrected chi connectivity index (χ3v) is 11.9. The van der Waals surface area contributed by atoms with Crippen molar-refractivity contribution in [2.24, 2.45) is 0 Å². The highest BCUT2D eigenvalue weighted by molar-refractivity contribution is 14.1. The number of aromatic nitrogens is 4. The van der Waals surface area contributed by atoms with Crippen LogP contribution in [0.3, 0.4) is 0 Å².